The van der Waals surface area contributed by atoms with Gasteiger partial charge in [-0.3, -0.25) is 24.3 Å². The van der Waals surface area contributed by atoms with Gasteiger partial charge in [-0.05, 0) is 51.2 Å². The minimum atomic E-state index is -1.50. The molecule has 1 saturated carbocycles. The van der Waals surface area contributed by atoms with E-state index in [2.05, 4.69) is 46.8 Å². The molecule has 1 aliphatic carbocycles. The monoisotopic (exact) mass is 709 g/mol. The van der Waals surface area contributed by atoms with Crippen LogP contribution in [0.15, 0.2) is 44.2 Å². The first-order valence-electron chi connectivity index (χ1n) is 14.2. The van der Waals surface area contributed by atoms with Crippen LogP contribution in [0.2, 0.25) is 0 Å². The molecule has 0 radical (unpaired) electrons. The average Bonchev–Trinajstić information content (AvgIpc) is 3.83. The van der Waals surface area contributed by atoms with E-state index in [0.717, 1.165) is 30.6 Å². The summed E-state index contributed by atoms with van der Waals surface area (Å²) >= 11 is 3.82. The number of nitrogens with zero attached hydrogens (tertiary/aromatic N) is 6. The topological polar surface area (TPSA) is 232 Å². The van der Waals surface area contributed by atoms with Gasteiger partial charge in [-0.1, -0.05) is 24.6 Å². The first kappa shape index (κ1) is 34.9. The first-order chi connectivity index (χ1) is 22.2. The zero-order chi connectivity index (χ0) is 32.4. The van der Waals surface area contributed by atoms with Gasteiger partial charge in [-0.15, -0.1) is 16.9 Å². The van der Waals surface area contributed by atoms with Gasteiger partial charge in [0.2, 0.25) is 17.0 Å². The van der Waals surface area contributed by atoms with Gasteiger partial charge in [0.1, 0.15) is 23.1 Å². The van der Waals surface area contributed by atoms with Crippen molar-refractivity contribution in [3.63, 3.8) is 0 Å². The molecule has 0 spiro atoms. The number of aromatic nitrogens is 6. The summed E-state index contributed by atoms with van der Waals surface area (Å²) in [6, 6.07) is -1.23. The van der Waals surface area contributed by atoms with E-state index in [-0.39, 0.29) is 58.5 Å². The van der Waals surface area contributed by atoms with Gasteiger partial charge >= 0.3 is 35.6 Å². The van der Waals surface area contributed by atoms with Crippen molar-refractivity contribution < 1.29 is 53.8 Å². The number of carbonyl (C=O) groups excluding carboxylic acids is 4. The van der Waals surface area contributed by atoms with Crippen LogP contribution in [-0.2, 0) is 21.4 Å². The van der Waals surface area contributed by atoms with Crippen molar-refractivity contribution in [1.82, 2.24) is 45.7 Å². The maximum atomic E-state index is 13.5. The number of aromatic amines is 1. The number of thioether (sulfide) groups is 2. The summed E-state index contributed by atoms with van der Waals surface area (Å²) in [6.07, 6.45) is 5.42. The Bertz CT molecular complexity index is 1740. The number of β-lactam (4-membered cyclic amide) rings is 1. The van der Waals surface area contributed by atoms with Gasteiger partial charge in [0, 0.05) is 24.6 Å². The second kappa shape index (κ2) is 15.2. The minimum Gasteiger partial charge on any atom is -0.543 e. The van der Waals surface area contributed by atoms with Crippen molar-refractivity contribution >= 4 is 70.3 Å². The molecule has 1 saturated heterocycles. The smallest absolute Gasteiger partial charge is 0.543 e. The van der Waals surface area contributed by atoms with E-state index in [1.807, 2.05) is 0 Å². The molecule has 4 amide bonds. The standard InChI is InChI=1S/C26H29N11O6S3.Na/c1-36-26(33-34-35-36)46-11-13-10-45-22-17(21(40)37(22)18(13)23(41)42)30-20(39)16(12-6-7-44-9-12)31-25(43)29-15-8-27-24(32-19(15)38)28-14-4-2-3-5-14;/h6-9,14,16-17,22H,2-5,10-11H2,1H3,(H,30,39)(H,41,42)(H2,29,31,43)(H2,27,28,32,38);/q;+1/p-1/t16?,17?,22-;/m1./s1. The Balaban J connectivity index is 0.00000433. The third-order valence-corrected chi connectivity index (χ3v) is 10.8. The number of fused-ring (bicyclic) bond motifs is 1. The van der Waals surface area contributed by atoms with Crippen molar-refractivity contribution in [2.24, 2.45) is 7.05 Å². The number of carboxylic acid groups (broad SMARTS) is 1. The number of carboxylic acids is 1. The van der Waals surface area contributed by atoms with Crippen LogP contribution >= 0.6 is 34.9 Å². The number of carbonyl (C=O) groups is 4. The average molecular weight is 710 g/mol. The molecule has 3 aromatic heterocycles. The van der Waals surface area contributed by atoms with Crippen molar-refractivity contribution in [3.05, 3.63) is 50.2 Å². The number of rotatable bonds is 11. The van der Waals surface area contributed by atoms with Crippen molar-refractivity contribution in [1.29, 1.82) is 0 Å². The van der Waals surface area contributed by atoms with Gasteiger partial charge < -0.3 is 31.2 Å². The summed E-state index contributed by atoms with van der Waals surface area (Å²) in [4.78, 5) is 72.3. The van der Waals surface area contributed by atoms with E-state index in [9.17, 15) is 29.1 Å². The maximum Gasteiger partial charge on any atom is 1.00 e. The Kier molecular flexibility index (Phi) is 11.3. The third-order valence-electron chi connectivity index (χ3n) is 7.65. The zero-order valence-electron chi connectivity index (χ0n) is 25.2. The van der Waals surface area contributed by atoms with Crippen LogP contribution in [0.1, 0.15) is 37.3 Å². The van der Waals surface area contributed by atoms with E-state index in [1.165, 1.54) is 45.7 Å². The number of thiophene rings is 1. The molecule has 17 nitrogen and oxygen atoms in total. The van der Waals surface area contributed by atoms with Crippen LogP contribution in [0.25, 0.3) is 0 Å². The summed E-state index contributed by atoms with van der Waals surface area (Å²) in [5.74, 6) is -2.01. The molecule has 3 atom stereocenters. The zero-order valence-corrected chi connectivity index (χ0v) is 29.7. The predicted molar refractivity (Wildman–Crippen MR) is 167 cm³/mol. The number of anilines is 2. The van der Waals surface area contributed by atoms with Crippen LogP contribution < -0.4 is 61.5 Å². The van der Waals surface area contributed by atoms with E-state index >= 15 is 0 Å². The quantitative estimate of drug-likeness (QED) is 0.0750. The Hall–Kier alpha value is -3.43. The molecule has 5 N–H and O–H groups in total. The molecule has 6 rings (SSSR count). The number of urea groups is 1. The number of amides is 4. The van der Waals surface area contributed by atoms with Gasteiger partial charge in [0.05, 0.1) is 17.9 Å². The maximum absolute atomic E-state index is 13.5. The Labute approximate surface area is 301 Å². The predicted octanol–water partition coefficient (Wildman–Crippen LogP) is -3.23. The van der Waals surface area contributed by atoms with Gasteiger partial charge in [0.25, 0.3) is 11.5 Å². The summed E-state index contributed by atoms with van der Waals surface area (Å²) < 4.78 is 1.45. The molecular formula is C26H28N11NaO6S3. The van der Waals surface area contributed by atoms with Crippen molar-refractivity contribution in [2.75, 3.05) is 22.1 Å². The molecule has 0 bridgehead atoms. The van der Waals surface area contributed by atoms with Crippen molar-refractivity contribution in [2.45, 2.75) is 54.3 Å². The molecule has 21 heteroatoms. The third kappa shape index (κ3) is 7.67. The van der Waals surface area contributed by atoms with E-state index in [0.29, 0.717) is 22.2 Å². The molecule has 2 aliphatic heterocycles. The van der Waals surface area contributed by atoms with Crippen LogP contribution in [-0.4, -0.2) is 87.9 Å². The number of aryl methyl sites for hydroxylation is 1. The van der Waals surface area contributed by atoms with Gasteiger partial charge in [0.15, 0.2) is 0 Å². The SMILES string of the molecule is Cn1nnnc1SCC1=C(C(=O)[O-])N2C(=O)C(NC(=O)C(NC(=O)Nc3cnc(NC4CCCC4)[nH]c3=O)c3ccsc3)[C@H]2SC1.[Na+]. The van der Waals surface area contributed by atoms with E-state index in [4.69, 9.17) is 0 Å². The number of tetrazole rings is 1. The fraction of sp³-hybridized carbons (Fsp3) is 0.423. The molecule has 3 aromatic rings. The second-order valence-corrected chi connectivity index (χ2v) is 13.5. The molecular weight excluding hydrogens is 682 g/mol. The van der Waals surface area contributed by atoms with Crippen molar-refractivity contribution in [3.8, 4) is 0 Å². The molecule has 47 heavy (non-hydrogen) atoms. The number of H-pyrrole nitrogens is 1. The van der Waals surface area contributed by atoms with Crippen LogP contribution in [0.5, 0.6) is 0 Å². The fourth-order valence-electron chi connectivity index (χ4n) is 5.36. The van der Waals surface area contributed by atoms with Crippen LogP contribution in [0.4, 0.5) is 16.4 Å². The minimum absolute atomic E-state index is 0. The molecule has 3 aliphatic rings. The second-order valence-electron chi connectivity index (χ2n) is 10.7. The Morgan fingerprint density at radius 1 is 1.23 bits per heavy atom. The largest absolute Gasteiger partial charge is 1.00 e. The molecule has 0 aromatic carbocycles. The Morgan fingerprint density at radius 3 is 2.68 bits per heavy atom. The van der Waals surface area contributed by atoms with Crippen LogP contribution in [0.3, 0.4) is 0 Å². The van der Waals surface area contributed by atoms with Crippen LogP contribution in [0, 0.1) is 0 Å². The number of hydrogen-bond acceptors (Lipinski definition) is 14. The number of nitrogens with one attached hydrogen (secondary N) is 5. The number of hydrogen-bond donors (Lipinski definition) is 5. The van der Waals surface area contributed by atoms with E-state index < -0.39 is 46.8 Å². The molecule has 2 fully saturated rings. The summed E-state index contributed by atoms with van der Waals surface area (Å²) in [5, 5.41) is 37.3. The number of aliphatic carboxylic acids is 1. The molecule has 5 heterocycles. The first-order valence-corrected chi connectivity index (χ1v) is 17.2. The van der Waals surface area contributed by atoms with Gasteiger partial charge in [-0.2, -0.15) is 11.3 Å². The molecule has 2 unspecified atom stereocenters. The Morgan fingerprint density at radius 2 is 2.02 bits per heavy atom. The molecule has 242 valence electrons. The fourth-order valence-corrected chi connectivity index (χ4v) is 8.39. The van der Waals surface area contributed by atoms with E-state index in [1.54, 1.807) is 23.9 Å². The van der Waals surface area contributed by atoms with Gasteiger partial charge in [-0.25, -0.2) is 14.5 Å². The summed E-state index contributed by atoms with van der Waals surface area (Å²) in [6.45, 7) is 0. The normalized spacial score (nSPS) is 19.7. The summed E-state index contributed by atoms with van der Waals surface area (Å²) in [7, 11) is 1.65. The summed E-state index contributed by atoms with van der Waals surface area (Å²) in [5.41, 5.74) is -0.00723.